The SMILES string of the molecule is Nc1cccc(NCc2ccc(Cl)cc2)c1[N+](=O)[O-]. The zero-order valence-electron chi connectivity index (χ0n) is 9.97. The lowest BCUT2D eigenvalue weighted by Crippen LogP contribution is -2.04. The molecule has 5 nitrogen and oxygen atoms in total. The molecule has 0 unspecified atom stereocenters. The summed E-state index contributed by atoms with van der Waals surface area (Å²) in [6.45, 7) is 0.460. The Bertz CT molecular complexity index is 599. The third-order valence-corrected chi connectivity index (χ3v) is 2.90. The average molecular weight is 278 g/mol. The van der Waals surface area contributed by atoms with E-state index >= 15 is 0 Å². The van der Waals surface area contributed by atoms with Crippen LogP contribution in [0, 0.1) is 10.1 Å². The van der Waals surface area contributed by atoms with Crippen LogP contribution in [0.25, 0.3) is 0 Å². The zero-order chi connectivity index (χ0) is 13.8. The molecule has 0 amide bonds. The van der Waals surface area contributed by atoms with Crippen molar-refractivity contribution in [2.24, 2.45) is 0 Å². The van der Waals surface area contributed by atoms with Crippen molar-refractivity contribution in [3.63, 3.8) is 0 Å². The second-order valence-corrected chi connectivity index (χ2v) is 4.42. The minimum atomic E-state index is -0.487. The molecule has 0 aromatic heterocycles. The van der Waals surface area contributed by atoms with Crippen molar-refractivity contribution in [3.8, 4) is 0 Å². The summed E-state index contributed by atoms with van der Waals surface area (Å²) in [5.74, 6) is 0. The van der Waals surface area contributed by atoms with E-state index in [4.69, 9.17) is 17.3 Å². The van der Waals surface area contributed by atoms with Crippen molar-refractivity contribution in [1.29, 1.82) is 0 Å². The monoisotopic (exact) mass is 277 g/mol. The van der Waals surface area contributed by atoms with Gasteiger partial charge in [-0.1, -0.05) is 29.8 Å². The van der Waals surface area contributed by atoms with E-state index in [2.05, 4.69) is 5.32 Å². The van der Waals surface area contributed by atoms with Gasteiger partial charge in [0, 0.05) is 11.6 Å². The Kier molecular flexibility index (Phi) is 3.87. The topological polar surface area (TPSA) is 81.2 Å². The molecule has 0 saturated heterocycles. The minimum Gasteiger partial charge on any atom is -0.393 e. The molecule has 0 saturated carbocycles. The van der Waals surface area contributed by atoms with Crippen LogP contribution in [0.5, 0.6) is 0 Å². The summed E-state index contributed by atoms with van der Waals surface area (Å²) in [6.07, 6.45) is 0. The van der Waals surface area contributed by atoms with Gasteiger partial charge in [0.05, 0.1) is 4.92 Å². The first kappa shape index (κ1) is 13.2. The lowest BCUT2D eigenvalue weighted by molar-refractivity contribution is -0.383. The maximum absolute atomic E-state index is 11.0. The number of nitrogens with zero attached hydrogens (tertiary/aromatic N) is 1. The molecule has 2 aromatic rings. The number of nitro groups is 1. The summed E-state index contributed by atoms with van der Waals surface area (Å²) < 4.78 is 0. The van der Waals surface area contributed by atoms with E-state index in [0.29, 0.717) is 17.3 Å². The number of nitrogen functional groups attached to an aromatic ring is 1. The number of nitro benzene ring substituents is 1. The largest absolute Gasteiger partial charge is 0.393 e. The van der Waals surface area contributed by atoms with Gasteiger partial charge in [0.2, 0.25) is 0 Å². The second-order valence-electron chi connectivity index (χ2n) is 3.98. The molecule has 0 aliphatic rings. The van der Waals surface area contributed by atoms with Crippen LogP contribution in [-0.4, -0.2) is 4.92 Å². The fourth-order valence-corrected chi connectivity index (χ4v) is 1.83. The van der Waals surface area contributed by atoms with Gasteiger partial charge in [-0.05, 0) is 29.8 Å². The summed E-state index contributed by atoms with van der Waals surface area (Å²) in [5.41, 5.74) is 7.03. The highest BCUT2D eigenvalue weighted by Gasteiger charge is 2.17. The Morgan fingerprint density at radius 3 is 2.53 bits per heavy atom. The van der Waals surface area contributed by atoms with E-state index < -0.39 is 4.92 Å². The van der Waals surface area contributed by atoms with Crippen LogP contribution in [0.1, 0.15) is 5.56 Å². The predicted octanol–water partition coefficient (Wildman–Crippen LogP) is 3.44. The van der Waals surface area contributed by atoms with Gasteiger partial charge in [0.15, 0.2) is 0 Å². The first-order valence-corrected chi connectivity index (χ1v) is 5.97. The van der Waals surface area contributed by atoms with Crippen molar-refractivity contribution in [1.82, 2.24) is 0 Å². The summed E-state index contributed by atoms with van der Waals surface area (Å²) in [6, 6.07) is 12.1. The van der Waals surface area contributed by atoms with Crippen LogP contribution in [-0.2, 0) is 6.54 Å². The lowest BCUT2D eigenvalue weighted by atomic mass is 10.2. The maximum atomic E-state index is 11.0. The molecule has 0 aliphatic heterocycles. The number of anilines is 2. The molecule has 0 bridgehead atoms. The first-order valence-electron chi connectivity index (χ1n) is 5.59. The Labute approximate surface area is 115 Å². The first-order chi connectivity index (χ1) is 9.08. The summed E-state index contributed by atoms with van der Waals surface area (Å²) in [7, 11) is 0. The fourth-order valence-electron chi connectivity index (χ4n) is 1.71. The highest BCUT2D eigenvalue weighted by molar-refractivity contribution is 6.30. The highest BCUT2D eigenvalue weighted by Crippen LogP contribution is 2.30. The molecular weight excluding hydrogens is 266 g/mol. The molecular formula is C13H12ClN3O2. The van der Waals surface area contributed by atoms with Gasteiger partial charge < -0.3 is 11.1 Å². The Morgan fingerprint density at radius 2 is 1.89 bits per heavy atom. The number of nitrogens with two attached hydrogens (primary N) is 1. The zero-order valence-corrected chi connectivity index (χ0v) is 10.7. The lowest BCUT2D eigenvalue weighted by Gasteiger charge is -2.08. The number of benzene rings is 2. The number of halogens is 1. The third-order valence-electron chi connectivity index (χ3n) is 2.65. The summed E-state index contributed by atoms with van der Waals surface area (Å²) in [5, 5.41) is 14.6. The van der Waals surface area contributed by atoms with Gasteiger partial charge in [-0.2, -0.15) is 0 Å². The van der Waals surface area contributed by atoms with Gasteiger partial charge in [0.25, 0.3) is 0 Å². The maximum Gasteiger partial charge on any atom is 0.314 e. The molecule has 0 aliphatic carbocycles. The fraction of sp³-hybridized carbons (Fsp3) is 0.0769. The highest BCUT2D eigenvalue weighted by atomic mass is 35.5. The molecule has 2 rings (SSSR count). The Morgan fingerprint density at radius 1 is 1.21 bits per heavy atom. The molecule has 0 fully saturated rings. The number of para-hydroxylation sites is 1. The normalized spacial score (nSPS) is 10.2. The smallest absolute Gasteiger partial charge is 0.314 e. The molecule has 2 aromatic carbocycles. The van der Waals surface area contributed by atoms with E-state index in [1.165, 1.54) is 6.07 Å². The Hall–Kier alpha value is -2.27. The second kappa shape index (κ2) is 5.58. The minimum absolute atomic E-state index is 0.100. The molecule has 0 radical (unpaired) electrons. The molecule has 0 atom stereocenters. The van der Waals surface area contributed by atoms with Crippen molar-refractivity contribution in [2.45, 2.75) is 6.54 Å². The van der Waals surface area contributed by atoms with E-state index in [1.54, 1.807) is 24.3 Å². The molecule has 3 N–H and O–H groups in total. The van der Waals surface area contributed by atoms with Gasteiger partial charge in [-0.15, -0.1) is 0 Å². The van der Waals surface area contributed by atoms with Gasteiger partial charge in [-0.3, -0.25) is 10.1 Å². The number of hydrogen-bond donors (Lipinski definition) is 2. The van der Waals surface area contributed by atoms with Crippen LogP contribution < -0.4 is 11.1 Å². The van der Waals surface area contributed by atoms with E-state index in [1.807, 2.05) is 12.1 Å². The van der Waals surface area contributed by atoms with Crippen molar-refractivity contribution in [2.75, 3.05) is 11.1 Å². The van der Waals surface area contributed by atoms with E-state index in [0.717, 1.165) is 5.56 Å². The van der Waals surface area contributed by atoms with E-state index in [-0.39, 0.29) is 11.4 Å². The number of nitrogens with one attached hydrogen (secondary N) is 1. The van der Waals surface area contributed by atoms with Crippen molar-refractivity contribution in [3.05, 3.63) is 63.2 Å². The molecule has 0 heterocycles. The Balaban J connectivity index is 2.18. The third kappa shape index (κ3) is 3.14. The van der Waals surface area contributed by atoms with Crippen LogP contribution in [0.15, 0.2) is 42.5 Å². The molecule has 19 heavy (non-hydrogen) atoms. The van der Waals surface area contributed by atoms with Gasteiger partial charge in [0.1, 0.15) is 11.4 Å². The summed E-state index contributed by atoms with van der Waals surface area (Å²) >= 11 is 5.79. The average Bonchev–Trinajstić information content (AvgIpc) is 2.37. The number of hydrogen-bond acceptors (Lipinski definition) is 4. The number of rotatable bonds is 4. The summed E-state index contributed by atoms with van der Waals surface area (Å²) in [4.78, 5) is 10.5. The van der Waals surface area contributed by atoms with Crippen LogP contribution in [0.2, 0.25) is 5.02 Å². The van der Waals surface area contributed by atoms with Crippen molar-refractivity contribution < 1.29 is 4.92 Å². The van der Waals surface area contributed by atoms with Crippen LogP contribution >= 0.6 is 11.6 Å². The van der Waals surface area contributed by atoms with Gasteiger partial charge >= 0.3 is 5.69 Å². The van der Waals surface area contributed by atoms with Crippen LogP contribution in [0.3, 0.4) is 0 Å². The quantitative estimate of drug-likeness (QED) is 0.509. The molecule has 0 spiro atoms. The molecule has 98 valence electrons. The standard InChI is InChI=1S/C13H12ClN3O2/c14-10-6-4-9(5-7-10)8-16-12-3-1-2-11(15)13(12)17(18)19/h1-7,16H,8,15H2. The van der Waals surface area contributed by atoms with Gasteiger partial charge in [-0.25, -0.2) is 0 Å². The molecule has 6 heteroatoms. The van der Waals surface area contributed by atoms with Crippen LogP contribution in [0.4, 0.5) is 17.1 Å². The van der Waals surface area contributed by atoms with Crippen molar-refractivity contribution >= 4 is 28.7 Å². The van der Waals surface area contributed by atoms with E-state index in [9.17, 15) is 10.1 Å². The predicted molar refractivity (Wildman–Crippen MR) is 76.3 cm³/mol.